The number of rotatable bonds is 8. The molecule has 1 aromatic rings. The van der Waals surface area contributed by atoms with Gasteiger partial charge in [0.25, 0.3) is 0 Å². The van der Waals surface area contributed by atoms with Crippen LogP contribution in [0.3, 0.4) is 0 Å². The van der Waals surface area contributed by atoms with Crippen LogP contribution in [0, 0.1) is 0 Å². The summed E-state index contributed by atoms with van der Waals surface area (Å²) in [6.07, 6.45) is 0.869. The molecular weight excluding hydrogens is 230 g/mol. The highest BCUT2D eigenvalue weighted by Crippen LogP contribution is 2.13. The monoisotopic (exact) mass is 251 g/mol. The lowest BCUT2D eigenvalue weighted by Crippen LogP contribution is -2.30. The largest absolute Gasteiger partial charge is 0.468 e. The number of ether oxygens (including phenoxy) is 2. The number of hydrogen-bond acceptors (Lipinski definition) is 4. The van der Waals surface area contributed by atoms with Crippen molar-refractivity contribution < 1.29 is 14.3 Å². The van der Waals surface area contributed by atoms with Gasteiger partial charge in [0, 0.05) is 13.2 Å². The number of carbonyl (C=O) groups excluding carboxylic acids is 1. The van der Waals surface area contributed by atoms with E-state index in [1.165, 1.54) is 7.11 Å². The molecular formula is C14H21NO3. The Morgan fingerprint density at radius 2 is 2.06 bits per heavy atom. The van der Waals surface area contributed by atoms with Gasteiger partial charge in [0.05, 0.1) is 7.11 Å². The van der Waals surface area contributed by atoms with Gasteiger partial charge in [-0.2, -0.15) is 0 Å². The second kappa shape index (κ2) is 8.66. The maximum atomic E-state index is 11.7. The van der Waals surface area contributed by atoms with E-state index in [2.05, 4.69) is 5.32 Å². The molecule has 0 aliphatic heterocycles. The lowest BCUT2D eigenvalue weighted by molar-refractivity contribution is -0.143. The van der Waals surface area contributed by atoms with Crippen molar-refractivity contribution in [2.45, 2.75) is 19.4 Å². The Hall–Kier alpha value is -1.39. The Morgan fingerprint density at radius 1 is 1.33 bits per heavy atom. The van der Waals surface area contributed by atoms with E-state index in [-0.39, 0.29) is 5.97 Å². The molecule has 0 amide bonds. The van der Waals surface area contributed by atoms with Crippen molar-refractivity contribution in [1.29, 1.82) is 0 Å². The fourth-order valence-electron chi connectivity index (χ4n) is 1.67. The molecule has 1 N–H and O–H groups in total. The highest BCUT2D eigenvalue weighted by Gasteiger charge is 2.19. The van der Waals surface area contributed by atoms with Crippen LogP contribution in [-0.4, -0.2) is 32.8 Å². The molecule has 0 bridgehead atoms. The molecule has 4 nitrogen and oxygen atoms in total. The zero-order valence-corrected chi connectivity index (χ0v) is 11.0. The van der Waals surface area contributed by atoms with Crippen LogP contribution in [0.25, 0.3) is 0 Å². The Balaban J connectivity index is 2.50. The highest BCUT2D eigenvalue weighted by atomic mass is 16.5. The summed E-state index contributed by atoms with van der Waals surface area (Å²) < 4.78 is 10.1. The van der Waals surface area contributed by atoms with Gasteiger partial charge in [-0.1, -0.05) is 30.3 Å². The molecule has 1 aromatic carbocycles. The maximum absolute atomic E-state index is 11.7. The number of esters is 1. The molecule has 0 aliphatic rings. The summed E-state index contributed by atoms with van der Waals surface area (Å²) in [6.45, 7) is 4.11. The van der Waals surface area contributed by atoms with E-state index in [1.54, 1.807) is 0 Å². The van der Waals surface area contributed by atoms with Crippen LogP contribution in [0.5, 0.6) is 0 Å². The number of methoxy groups -OCH3 is 1. The molecule has 100 valence electrons. The summed E-state index contributed by atoms with van der Waals surface area (Å²) >= 11 is 0. The first kappa shape index (κ1) is 14.7. The van der Waals surface area contributed by atoms with Gasteiger partial charge in [0.2, 0.25) is 0 Å². The normalized spacial score (nSPS) is 12.1. The molecule has 0 saturated heterocycles. The molecule has 0 heterocycles. The Kier molecular flexibility index (Phi) is 7.06. The van der Waals surface area contributed by atoms with E-state index in [9.17, 15) is 4.79 Å². The van der Waals surface area contributed by atoms with Crippen LogP contribution in [0.4, 0.5) is 0 Å². The summed E-state index contributed by atoms with van der Waals surface area (Å²) in [6, 6.07) is 9.17. The lowest BCUT2D eigenvalue weighted by atomic mass is 10.1. The van der Waals surface area contributed by atoms with E-state index >= 15 is 0 Å². The third-order valence-electron chi connectivity index (χ3n) is 2.59. The van der Waals surface area contributed by atoms with Gasteiger partial charge in [-0.05, 0) is 25.5 Å². The second-order valence-corrected chi connectivity index (χ2v) is 3.87. The molecule has 1 unspecified atom stereocenters. The van der Waals surface area contributed by atoms with E-state index in [1.807, 2.05) is 37.3 Å². The quantitative estimate of drug-likeness (QED) is 0.566. The van der Waals surface area contributed by atoms with Crippen LogP contribution in [0.15, 0.2) is 30.3 Å². The molecule has 1 atom stereocenters. The predicted molar refractivity (Wildman–Crippen MR) is 70.3 cm³/mol. The van der Waals surface area contributed by atoms with Crippen molar-refractivity contribution >= 4 is 5.97 Å². The fraction of sp³-hybridized carbons (Fsp3) is 0.500. The average Bonchev–Trinajstić information content (AvgIpc) is 2.43. The standard InChI is InChI=1S/C14H21NO3/c1-3-18-11-7-10-15-13(14(16)17-2)12-8-5-4-6-9-12/h4-6,8-9,13,15H,3,7,10-11H2,1-2H3. The third kappa shape index (κ3) is 4.85. The van der Waals surface area contributed by atoms with Gasteiger partial charge in [-0.15, -0.1) is 0 Å². The fourth-order valence-corrected chi connectivity index (χ4v) is 1.67. The minimum absolute atomic E-state index is 0.266. The first-order valence-electron chi connectivity index (χ1n) is 6.23. The molecule has 0 spiro atoms. The van der Waals surface area contributed by atoms with Crippen LogP contribution in [-0.2, 0) is 14.3 Å². The van der Waals surface area contributed by atoms with Gasteiger partial charge >= 0.3 is 5.97 Å². The predicted octanol–water partition coefficient (Wildman–Crippen LogP) is 1.92. The van der Waals surface area contributed by atoms with Crippen LogP contribution >= 0.6 is 0 Å². The van der Waals surface area contributed by atoms with Crippen molar-refractivity contribution in [2.24, 2.45) is 0 Å². The summed E-state index contributed by atoms with van der Waals surface area (Å²) in [4.78, 5) is 11.7. The van der Waals surface area contributed by atoms with Crippen molar-refractivity contribution in [1.82, 2.24) is 5.32 Å². The van der Waals surface area contributed by atoms with Crippen LogP contribution < -0.4 is 5.32 Å². The molecule has 1 rings (SSSR count). The topological polar surface area (TPSA) is 47.6 Å². The summed E-state index contributed by atoms with van der Waals surface area (Å²) in [5, 5.41) is 3.19. The van der Waals surface area contributed by atoms with E-state index in [0.29, 0.717) is 13.2 Å². The molecule has 0 aromatic heterocycles. The minimum Gasteiger partial charge on any atom is -0.468 e. The minimum atomic E-state index is -0.405. The van der Waals surface area contributed by atoms with Gasteiger partial charge in [0.1, 0.15) is 6.04 Å². The van der Waals surface area contributed by atoms with Crippen molar-refractivity contribution in [3.05, 3.63) is 35.9 Å². The second-order valence-electron chi connectivity index (χ2n) is 3.87. The van der Waals surface area contributed by atoms with Crippen LogP contribution in [0.2, 0.25) is 0 Å². The van der Waals surface area contributed by atoms with E-state index in [4.69, 9.17) is 9.47 Å². The third-order valence-corrected chi connectivity index (χ3v) is 2.59. The molecule has 0 radical (unpaired) electrons. The van der Waals surface area contributed by atoms with Crippen molar-refractivity contribution in [3.63, 3.8) is 0 Å². The van der Waals surface area contributed by atoms with Crippen molar-refractivity contribution in [3.8, 4) is 0 Å². The van der Waals surface area contributed by atoms with Gasteiger partial charge in [-0.3, -0.25) is 0 Å². The highest BCUT2D eigenvalue weighted by molar-refractivity contribution is 5.77. The zero-order chi connectivity index (χ0) is 13.2. The molecule has 0 saturated carbocycles. The van der Waals surface area contributed by atoms with Crippen molar-refractivity contribution in [2.75, 3.05) is 26.9 Å². The van der Waals surface area contributed by atoms with E-state index in [0.717, 1.165) is 18.6 Å². The number of nitrogens with one attached hydrogen (secondary N) is 1. The van der Waals surface area contributed by atoms with E-state index < -0.39 is 6.04 Å². The molecule has 4 heteroatoms. The maximum Gasteiger partial charge on any atom is 0.327 e. The zero-order valence-electron chi connectivity index (χ0n) is 11.0. The van der Waals surface area contributed by atoms with Gasteiger partial charge in [0.15, 0.2) is 0 Å². The Bertz CT molecular complexity index is 340. The summed E-state index contributed by atoms with van der Waals surface area (Å²) in [5.41, 5.74) is 0.917. The Morgan fingerprint density at radius 3 is 2.67 bits per heavy atom. The smallest absolute Gasteiger partial charge is 0.327 e. The van der Waals surface area contributed by atoms with Gasteiger partial charge < -0.3 is 14.8 Å². The number of hydrogen-bond donors (Lipinski definition) is 1. The number of carbonyl (C=O) groups is 1. The first-order valence-corrected chi connectivity index (χ1v) is 6.23. The van der Waals surface area contributed by atoms with Gasteiger partial charge in [-0.25, -0.2) is 4.79 Å². The Labute approximate surface area is 108 Å². The molecule has 0 fully saturated rings. The molecule has 18 heavy (non-hydrogen) atoms. The molecule has 0 aliphatic carbocycles. The summed E-state index contributed by atoms with van der Waals surface area (Å²) in [5.74, 6) is -0.266. The summed E-state index contributed by atoms with van der Waals surface area (Å²) in [7, 11) is 1.40. The lowest BCUT2D eigenvalue weighted by Gasteiger charge is -2.16. The average molecular weight is 251 g/mol. The number of benzene rings is 1. The SMILES string of the molecule is CCOCCCNC(C(=O)OC)c1ccccc1. The first-order chi connectivity index (χ1) is 8.79. The van der Waals surface area contributed by atoms with Crippen LogP contribution in [0.1, 0.15) is 24.9 Å².